The number of aliphatic hydroxyl groups is 1. The molecule has 5 aliphatic carbocycles. The lowest BCUT2D eigenvalue weighted by molar-refractivity contribution is -0.392. The van der Waals surface area contributed by atoms with Crippen LogP contribution in [0.4, 0.5) is 0 Å². The molecule has 2 N–H and O–H groups in total. The molecule has 2 saturated heterocycles. The number of rotatable bonds is 3. The highest BCUT2D eigenvalue weighted by Crippen LogP contribution is 2.77. The van der Waals surface area contributed by atoms with Gasteiger partial charge in [0.2, 0.25) is 0 Å². The first kappa shape index (κ1) is 30.1. The third kappa shape index (κ3) is 3.33. The monoisotopic (exact) mass is 582 g/mol. The first-order valence-corrected chi connectivity index (χ1v) is 16.2. The summed E-state index contributed by atoms with van der Waals surface area (Å²) < 4.78 is 12.5. The van der Waals surface area contributed by atoms with Gasteiger partial charge in [0.15, 0.2) is 11.6 Å². The second-order valence-corrected chi connectivity index (χ2v) is 16.1. The lowest BCUT2D eigenvalue weighted by atomic mass is 9.32. The van der Waals surface area contributed by atoms with Gasteiger partial charge in [-0.2, -0.15) is 0 Å². The molecule has 0 aromatic rings. The van der Waals surface area contributed by atoms with E-state index in [-0.39, 0.29) is 29.5 Å². The van der Waals surface area contributed by atoms with Crippen LogP contribution in [0.2, 0.25) is 0 Å². The fraction of sp³-hybridized carbons (Fsp3) is 0.800. The summed E-state index contributed by atoms with van der Waals surface area (Å²) in [5.74, 6) is -2.79. The quantitative estimate of drug-likeness (QED) is 0.306. The number of hydrogen-bond donors (Lipinski definition) is 2. The molecule has 2 heterocycles. The van der Waals surface area contributed by atoms with Crippen LogP contribution in [0.5, 0.6) is 0 Å². The van der Waals surface area contributed by atoms with E-state index in [0.29, 0.717) is 31.4 Å². The largest absolute Gasteiger partial charge is 0.481 e. The van der Waals surface area contributed by atoms with Crippen molar-refractivity contribution in [1.82, 2.24) is 0 Å². The van der Waals surface area contributed by atoms with Gasteiger partial charge >= 0.3 is 11.9 Å². The van der Waals surface area contributed by atoms with Gasteiger partial charge in [-0.3, -0.25) is 9.59 Å². The van der Waals surface area contributed by atoms with Crippen molar-refractivity contribution >= 4 is 17.7 Å². The molecule has 1 spiro atoms. The van der Waals surface area contributed by atoms with Crippen LogP contribution in [0.1, 0.15) is 100 Å². The first-order chi connectivity index (χ1) is 19.5. The summed E-state index contributed by atoms with van der Waals surface area (Å²) in [5.41, 5.74) is -1.78. The van der Waals surface area contributed by atoms with E-state index < -0.39 is 56.8 Å². The Morgan fingerprint density at radius 2 is 1.76 bits per heavy atom. The smallest absolute Gasteiger partial charge is 0.333 e. The van der Waals surface area contributed by atoms with Crippen molar-refractivity contribution < 1.29 is 34.1 Å². The molecule has 7 nitrogen and oxygen atoms in total. The summed E-state index contributed by atoms with van der Waals surface area (Å²) in [6, 6.07) is 0. The van der Waals surface area contributed by atoms with Gasteiger partial charge in [0.25, 0.3) is 0 Å². The van der Waals surface area contributed by atoms with Gasteiger partial charge in [0.05, 0.1) is 6.61 Å². The van der Waals surface area contributed by atoms with Crippen molar-refractivity contribution in [3.63, 3.8) is 0 Å². The third-order valence-electron chi connectivity index (χ3n) is 14.6. The second-order valence-electron chi connectivity index (χ2n) is 16.1. The van der Waals surface area contributed by atoms with Crippen molar-refractivity contribution in [2.75, 3.05) is 6.61 Å². The molecule has 0 amide bonds. The molecular weight excluding hydrogens is 532 g/mol. The molecule has 0 aromatic carbocycles. The first-order valence-electron chi connectivity index (χ1n) is 16.2. The standard InChI is InChI=1S/C35H50O7/c1-9-19(2)28(37)42-25-17-32(8)22(26-21(4)20(3)10-13-34(25,26)29(38)39)16-23(36)27-31(32,7)12-11-24-30(5,6)35(40)15-14-33(24,27)18-41-35/h9,16,20-21,24-27,40H,10-15,17-18H2,1-8H3,(H,38,39). The summed E-state index contributed by atoms with van der Waals surface area (Å²) in [6.45, 7) is 16.8. The fourth-order valence-electron chi connectivity index (χ4n) is 11.6. The molecule has 7 heteroatoms. The van der Waals surface area contributed by atoms with E-state index in [1.54, 1.807) is 19.9 Å². The molecule has 7 aliphatic rings. The minimum atomic E-state index is -1.28. The van der Waals surface area contributed by atoms with Crippen molar-refractivity contribution in [1.29, 1.82) is 0 Å². The molecule has 2 aliphatic heterocycles. The average Bonchev–Trinajstić information content (AvgIpc) is 2.92. The zero-order chi connectivity index (χ0) is 30.8. The van der Waals surface area contributed by atoms with Crippen LogP contribution in [-0.4, -0.2) is 46.4 Å². The Labute approximate surface area is 250 Å². The third-order valence-corrected chi connectivity index (χ3v) is 14.6. The topological polar surface area (TPSA) is 110 Å². The van der Waals surface area contributed by atoms with Gasteiger partial charge in [-0.1, -0.05) is 53.2 Å². The Morgan fingerprint density at radius 1 is 1.07 bits per heavy atom. The number of carboxylic acid groups (broad SMARTS) is 1. The van der Waals surface area contributed by atoms with Crippen LogP contribution in [0, 0.1) is 56.7 Å². The van der Waals surface area contributed by atoms with E-state index in [1.165, 1.54) is 0 Å². The predicted molar refractivity (Wildman–Crippen MR) is 157 cm³/mol. The van der Waals surface area contributed by atoms with Gasteiger partial charge in [0, 0.05) is 34.7 Å². The second kappa shape index (κ2) is 9.03. The summed E-state index contributed by atoms with van der Waals surface area (Å²) in [4.78, 5) is 41.4. The molecule has 0 radical (unpaired) electrons. The van der Waals surface area contributed by atoms with Gasteiger partial charge < -0.3 is 19.7 Å². The zero-order valence-corrected chi connectivity index (χ0v) is 26.7. The van der Waals surface area contributed by atoms with Crippen LogP contribution < -0.4 is 0 Å². The molecular formula is C35H50O7. The number of ketones is 1. The van der Waals surface area contributed by atoms with Crippen LogP contribution in [-0.2, 0) is 23.9 Å². The minimum absolute atomic E-state index is 0.00817. The minimum Gasteiger partial charge on any atom is -0.481 e. The molecule has 7 rings (SSSR count). The van der Waals surface area contributed by atoms with Crippen molar-refractivity contribution in [2.24, 2.45) is 56.7 Å². The molecule has 0 aromatic heterocycles. The van der Waals surface area contributed by atoms with Crippen LogP contribution in [0.15, 0.2) is 23.3 Å². The molecule has 232 valence electrons. The molecule has 2 bridgehead atoms. The Bertz CT molecular complexity index is 1280. The lowest BCUT2D eigenvalue weighted by Crippen LogP contribution is -2.75. The summed E-state index contributed by atoms with van der Waals surface area (Å²) in [7, 11) is 0. The maximum atomic E-state index is 14.6. The van der Waals surface area contributed by atoms with Crippen LogP contribution >= 0.6 is 0 Å². The Hall–Kier alpha value is -1.99. The maximum Gasteiger partial charge on any atom is 0.333 e. The van der Waals surface area contributed by atoms with Crippen molar-refractivity contribution in [3.8, 4) is 0 Å². The van der Waals surface area contributed by atoms with E-state index in [4.69, 9.17) is 9.47 Å². The summed E-state index contributed by atoms with van der Waals surface area (Å²) >= 11 is 0. The molecule has 6 fully saturated rings. The summed E-state index contributed by atoms with van der Waals surface area (Å²) in [6.07, 6.45) is 7.16. The molecule has 11 atom stereocenters. The maximum absolute atomic E-state index is 14.6. The number of fused-ring (bicyclic) bond motifs is 7. The van der Waals surface area contributed by atoms with Gasteiger partial charge in [-0.15, -0.1) is 0 Å². The van der Waals surface area contributed by atoms with E-state index in [2.05, 4.69) is 41.5 Å². The average molecular weight is 583 g/mol. The summed E-state index contributed by atoms with van der Waals surface area (Å²) in [5, 5.41) is 22.5. The van der Waals surface area contributed by atoms with E-state index in [1.807, 2.05) is 6.08 Å². The Kier molecular flexibility index (Phi) is 6.46. The molecule has 42 heavy (non-hydrogen) atoms. The highest BCUT2D eigenvalue weighted by Gasteiger charge is 2.77. The number of carboxylic acids is 1. The lowest BCUT2D eigenvalue weighted by Gasteiger charge is -2.74. The number of carbonyl (C=O) groups excluding carboxylic acids is 2. The van der Waals surface area contributed by atoms with Gasteiger partial charge in [-0.05, 0) is 87.0 Å². The highest BCUT2D eigenvalue weighted by molar-refractivity contribution is 5.96. The Balaban J connectivity index is 1.55. The molecule has 11 unspecified atom stereocenters. The number of esters is 1. The van der Waals surface area contributed by atoms with Crippen molar-refractivity contribution in [3.05, 3.63) is 23.3 Å². The van der Waals surface area contributed by atoms with E-state index in [0.717, 1.165) is 31.3 Å². The normalized spacial score (nSPS) is 50.9. The van der Waals surface area contributed by atoms with Gasteiger partial charge in [-0.25, -0.2) is 4.79 Å². The van der Waals surface area contributed by atoms with Crippen molar-refractivity contribution in [2.45, 2.75) is 112 Å². The SMILES string of the molecule is CC=C(C)C(=O)OC1CC2(C)C(=CC(=O)C3C45CCC(O)(OC4)C(C)(C)C5CCC32C)C2C(C)C(C)CCC12C(=O)O. The van der Waals surface area contributed by atoms with Crippen LogP contribution in [0.3, 0.4) is 0 Å². The number of carbonyl (C=O) groups is 3. The fourth-order valence-corrected chi connectivity index (χ4v) is 11.6. The van der Waals surface area contributed by atoms with Crippen LogP contribution in [0.25, 0.3) is 0 Å². The zero-order valence-electron chi connectivity index (χ0n) is 26.7. The predicted octanol–water partition coefficient (Wildman–Crippen LogP) is 6.09. The number of ether oxygens (including phenoxy) is 2. The number of allylic oxidation sites excluding steroid dienone is 3. The number of hydrogen-bond acceptors (Lipinski definition) is 6. The highest BCUT2D eigenvalue weighted by atomic mass is 16.6. The van der Waals surface area contributed by atoms with E-state index in [9.17, 15) is 24.6 Å². The van der Waals surface area contributed by atoms with E-state index >= 15 is 0 Å². The molecule has 4 saturated carbocycles. The van der Waals surface area contributed by atoms with Gasteiger partial charge in [0.1, 0.15) is 11.5 Å². The number of aliphatic carboxylic acids is 1. The Morgan fingerprint density at radius 3 is 2.36 bits per heavy atom.